The number of para-hydroxylation sites is 1. The van der Waals surface area contributed by atoms with Gasteiger partial charge in [-0.1, -0.05) is 6.07 Å². The molecule has 1 aliphatic rings. The topological polar surface area (TPSA) is 28.7 Å². The number of nitrogens with one attached hydrogen (secondary N) is 1. The number of hydrogen-bond donors (Lipinski definition) is 1. The van der Waals surface area contributed by atoms with Crippen LogP contribution in [0.1, 0.15) is 16.9 Å². The number of aromatic amines is 1. The predicted molar refractivity (Wildman–Crippen MR) is 71.4 cm³/mol. The van der Waals surface area contributed by atoms with Crippen molar-refractivity contribution >= 4 is 22.4 Å². The Kier molecular flexibility index (Phi) is 2.08. The molecule has 0 amide bonds. The summed E-state index contributed by atoms with van der Waals surface area (Å²) in [5, 5.41) is 0. The first-order valence-electron chi connectivity index (χ1n) is 6.07. The summed E-state index contributed by atoms with van der Waals surface area (Å²) in [6.45, 7) is 0. The SMILES string of the molecule is Fc1cccc2[nH]c(-c3cc4c(s3)CCC4)nc12. The van der Waals surface area contributed by atoms with Crippen molar-refractivity contribution in [3.05, 3.63) is 40.5 Å². The van der Waals surface area contributed by atoms with Gasteiger partial charge < -0.3 is 4.98 Å². The van der Waals surface area contributed by atoms with Crippen LogP contribution in [0.5, 0.6) is 0 Å². The fourth-order valence-corrected chi connectivity index (χ4v) is 3.76. The van der Waals surface area contributed by atoms with Gasteiger partial charge >= 0.3 is 0 Å². The van der Waals surface area contributed by atoms with Gasteiger partial charge in [-0.15, -0.1) is 11.3 Å². The first-order chi connectivity index (χ1) is 8.81. The predicted octanol–water partition coefficient (Wildman–Crippen LogP) is 3.92. The quantitative estimate of drug-likeness (QED) is 0.704. The zero-order valence-corrected chi connectivity index (χ0v) is 10.5. The minimum atomic E-state index is -0.265. The highest BCUT2D eigenvalue weighted by Gasteiger charge is 2.17. The number of rotatable bonds is 1. The lowest BCUT2D eigenvalue weighted by Gasteiger charge is -1.89. The van der Waals surface area contributed by atoms with Gasteiger partial charge in [0, 0.05) is 4.88 Å². The number of aromatic nitrogens is 2. The zero-order valence-electron chi connectivity index (χ0n) is 9.66. The Labute approximate surface area is 107 Å². The molecule has 0 spiro atoms. The maximum Gasteiger partial charge on any atom is 0.151 e. The molecule has 4 rings (SSSR count). The molecule has 0 unspecified atom stereocenters. The highest BCUT2D eigenvalue weighted by molar-refractivity contribution is 7.15. The molecule has 2 nitrogen and oxygen atoms in total. The van der Waals surface area contributed by atoms with Crippen molar-refractivity contribution in [1.82, 2.24) is 9.97 Å². The van der Waals surface area contributed by atoms with Crippen molar-refractivity contribution in [1.29, 1.82) is 0 Å². The van der Waals surface area contributed by atoms with Crippen molar-refractivity contribution in [2.75, 3.05) is 0 Å². The second-order valence-electron chi connectivity index (χ2n) is 4.63. The standard InChI is InChI=1S/C14H11FN2S/c15-9-4-2-5-10-13(9)17-14(16-10)12-7-8-3-1-6-11(8)18-12/h2,4-5,7H,1,3,6H2,(H,16,17). The Bertz CT molecular complexity index is 720. The third-order valence-corrected chi connectivity index (χ3v) is 4.69. The third kappa shape index (κ3) is 1.42. The van der Waals surface area contributed by atoms with E-state index in [0.29, 0.717) is 5.52 Å². The number of halogens is 1. The molecule has 0 fully saturated rings. The molecular weight excluding hydrogens is 247 g/mol. The molecule has 0 aliphatic heterocycles. The highest BCUT2D eigenvalue weighted by Crippen LogP contribution is 2.36. The lowest BCUT2D eigenvalue weighted by molar-refractivity contribution is 0.637. The number of hydrogen-bond acceptors (Lipinski definition) is 2. The van der Waals surface area contributed by atoms with Crippen LogP contribution < -0.4 is 0 Å². The van der Waals surface area contributed by atoms with Gasteiger partial charge in [0.25, 0.3) is 0 Å². The van der Waals surface area contributed by atoms with E-state index >= 15 is 0 Å². The van der Waals surface area contributed by atoms with Gasteiger partial charge in [-0.25, -0.2) is 9.37 Å². The maximum absolute atomic E-state index is 13.6. The molecule has 2 aromatic heterocycles. The van der Waals surface area contributed by atoms with Crippen LogP contribution in [0.4, 0.5) is 4.39 Å². The summed E-state index contributed by atoms with van der Waals surface area (Å²) in [5.74, 6) is 0.522. The summed E-state index contributed by atoms with van der Waals surface area (Å²) in [5.41, 5.74) is 2.63. The summed E-state index contributed by atoms with van der Waals surface area (Å²) in [4.78, 5) is 10.2. The van der Waals surface area contributed by atoms with E-state index in [1.54, 1.807) is 17.4 Å². The van der Waals surface area contributed by atoms with E-state index in [2.05, 4.69) is 16.0 Å². The lowest BCUT2D eigenvalue weighted by Crippen LogP contribution is -1.77. The number of thiophene rings is 1. The molecular formula is C14H11FN2S. The Morgan fingerprint density at radius 1 is 1.28 bits per heavy atom. The van der Waals surface area contributed by atoms with Gasteiger partial charge in [0.05, 0.1) is 10.4 Å². The Morgan fingerprint density at radius 3 is 3.06 bits per heavy atom. The van der Waals surface area contributed by atoms with Crippen LogP contribution >= 0.6 is 11.3 Å². The molecule has 90 valence electrons. The second kappa shape index (κ2) is 3.65. The number of H-pyrrole nitrogens is 1. The van der Waals surface area contributed by atoms with Crippen molar-refractivity contribution in [3.8, 4) is 10.7 Å². The minimum Gasteiger partial charge on any atom is -0.337 e. The first-order valence-corrected chi connectivity index (χ1v) is 6.89. The van der Waals surface area contributed by atoms with Gasteiger partial charge in [0.1, 0.15) is 11.3 Å². The molecule has 0 atom stereocenters. The normalized spacial score (nSPS) is 14.3. The molecule has 18 heavy (non-hydrogen) atoms. The number of benzene rings is 1. The van der Waals surface area contributed by atoms with E-state index in [-0.39, 0.29) is 5.82 Å². The fraction of sp³-hybridized carbons (Fsp3) is 0.214. The monoisotopic (exact) mass is 258 g/mol. The van der Waals surface area contributed by atoms with Gasteiger partial charge in [0.2, 0.25) is 0 Å². The maximum atomic E-state index is 13.6. The molecule has 0 saturated carbocycles. The Morgan fingerprint density at radius 2 is 2.22 bits per heavy atom. The third-order valence-electron chi connectivity index (χ3n) is 3.44. The van der Waals surface area contributed by atoms with E-state index in [1.807, 2.05) is 6.07 Å². The number of fused-ring (bicyclic) bond motifs is 2. The highest BCUT2D eigenvalue weighted by atomic mass is 32.1. The van der Waals surface area contributed by atoms with E-state index in [0.717, 1.165) is 16.2 Å². The summed E-state index contributed by atoms with van der Waals surface area (Å²) in [6.07, 6.45) is 3.60. The van der Waals surface area contributed by atoms with Crippen LogP contribution in [0.2, 0.25) is 0 Å². The molecule has 0 bridgehead atoms. The summed E-state index contributed by atoms with van der Waals surface area (Å²) in [6, 6.07) is 7.20. The van der Waals surface area contributed by atoms with E-state index in [1.165, 1.54) is 35.8 Å². The van der Waals surface area contributed by atoms with Crippen LogP contribution in [-0.4, -0.2) is 9.97 Å². The first kappa shape index (κ1) is 10.3. The molecule has 1 N–H and O–H groups in total. The van der Waals surface area contributed by atoms with Gasteiger partial charge in [-0.05, 0) is 43.0 Å². The van der Waals surface area contributed by atoms with E-state index in [4.69, 9.17) is 0 Å². The summed E-state index contributed by atoms with van der Waals surface area (Å²) < 4.78 is 13.6. The molecule has 2 heterocycles. The van der Waals surface area contributed by atoms with Crippen LogP contribution in [-0.2, 0) is 12.8 Å². The van der Waals surface area contributed by atoms with Crippen LogP contribution in [0.3, 0.4) is 0 Å². The number of imidazole rings is 1. The largest absolute Gasteiger partial charge is 0.337 e. The van der Waals surface area contributed by atoms with Crippen LogP contribution in [0, 0.1) is 5.82 Å². The van der Waals surface area contributed by atoms with Crippen LogP contribution in [0.15, 0.2) is 24.3 Å². The molecule has 0 saturated heterocycles. The van der Waals surface area contributed by atoms with Gasteiger partial charge in [-0.2, -0.15) is 0 Å². The second-order valence-corrected chi connectivity index (χ2v) is 5.77. The fourth-order valence-electron chi connectivity index (χ4n) is 2.56. The van der Waals surface area contributed by atoms with E-state index in [9.17, 15) is 4.39 Å². The molecule has 0 radical (unpaired) electrons. The van der Waals surface area contributed by atoms with Crippen molar-refractivity contribution in [2.24, 2.45) is 0 Å². The number of aryl methyl sites for hydroxylation is 2. The van der Waals surface area contributed by atoms with Crippen molar-refractivity contribution in [3.63, 3.8) is 0 Å². The van der Waals surface area contributed by atoms with Crippen molar-refractivity contribution < 1.29 is 4.39 Å². The zero-order chi connectivity index (χ0) is 12.1. The smallest absolute Gasteiger partial charge is 0.151 e. The average Bonchev–Trinajstić information content (AvgIpc) is 3.01. The minimum absolute atomic E-state index is 0.265. The summed E-state index contributed by atoms with van der Waals surface area (Å²) in [7, 11) is 0. The average molecular weight is 258 g/mol. The molecule has 3 aromatic rings. The summed E-state index contributed by atoms with van der Waals surface area (Å²) >= 11 is 1.78. The molecule has 4 heteroatoms. The van der Waals surface area contributed by atoms with E-state index < -0.39 is 0 Å². The Balaban J connectivity index is 1.88. The van der Waals surface area contributed by atoms with Gasteiger partial charge in [-0.3, -0.25) is 0 Å². The molecule has 1 aromatic carbocycles. The lowest BCUT2D eigenvalue weighted by atomic mass is 10.2. The number of nitrogens with zero attached hydrogens (tertiary/aromatic N) is 1. The molecule has 1 aliphatic carbocycles. The Hall–Kier alpha value is -1.68. The van der Waals surface area contributed by atoms with Crippen LogP contribution in [0.25, 0.3) is 21.7 Å². The van der Waals surface area contributed by atoms with Gasteiger partial charge in [0.15, 0.2) is 5.82 Å². The van der Waals surface area contributed by atoms with Crippen molar-refractivity contribution in [2.45, 2.75) is 19.3 Å².